The molecule has 0 atom stereocenters. The highest BCUT2D eigenvalue weighted by Crippen LogP contribution is 2.12. The van der Waals surface area contributed by atoms with Crippen LogP contribution in [0.4, 0.5) is 0 Å². The van der Waals surface area contributed by atoms with Gasteiger partial charge in [0.05, 0.1) is 0 Å². The van der Waals surface area contributed by atoms with Crippen molar-refractivity contribution in [2.75, 3.05) is 0 Å². The van der Waals surface area contributed by atoms with Gasteiger partial charge in [0.25, 0.3) is 0 Å². The highest BCUT2D eigenvalue weighted by Gasteiger charge is 2.03. The van der Waals surface area contributed by atoms with Crippen LogP contribution in [0.3, 0.4) is 0 Å². The Morgan fingerprint density at radius 1 is 0.667 bits per heavy atom. The molecule has 0 aromatic carbocycles. The summed E-state index contributed by atoms with van der Waals surface area (Å²) in [4.78, 5) is 0. The van der Waals surface area contributed by atoms with E-state index in [1.165, 1.54) is 102 Å². The molecule has 0 spiro atoms. The monoisotopic (exact) mass is 353 g/mol. The third-order valence-corrected chi connectivity index (χ3v) is 4.92. The Morgan fingerprint density at radius 2 is 1.12 bits per heavy atom. The van der Waals surface area contributed by atoms with Crippen LogP contribution in [-0.2, 0) is 6.54 Å². The van der Waals surface area contributed by atoms with E-state index in [-0.39, 0.29) is 12.4 Å². The summed E-state index contributed by atoms with van der Waals surface area (Å²) >= 11 is 0. The Balaban J connectivity index is 0.00000529. The fraction of sp³-hybridized carbons (Fsp3) is 0.773. The van der Waals surface area contributed by atoms with E-state index < -0.39 is 0 Å². The topological polar surface area (TPSA) is 3.88 Å². The molecule has 1 nitrogen and oxygen atoms in total. The Morgan fingerprint density at radius 3 is 1.58 bits per heavy atom. The molecule has 0 unspecified atom stereocenters. The van der Waals surface area contributed by atoms with Crippen LogP contribution in [0, 0.1) is 6.92 Å². The second-order valence-corrected chi connectivity index (χ2v) is 7.13. The lowest BCUT2D eigenvalue weighted by Crippen LogP contribution is -3.00. The van der Waals surface area contributed by atoms with Gasteiger partial charge in [0.1, 0.15) is 6.54 Å². The number of aromatic nitrogens is 1. The number of halogens is 1. The first-order valence-corrected chi connectivity index (χ1v) is 10.3. The van der Waals surface area contributed by atoms with Gasteiger partial charge in [0.15, 0.2) is 11.9 Å². The zero-order valence-corrected chi connectivity index (χ0v) is 17.0. The molecule has 0 bridgehead atoms. The first-order chi connectivity index (χ1) is 11.3. The quantitative estimate of drug-likeness (QED) is 0.334. The molecule has 0 aliphatic heterocycles. The molecule has 0 amide bonds. The molecule has 0 aliphatic rings. The van der Waals surface area contributed by atoms with Crippen molar-refractivity contribution in [2.24, 2.45) is 0 Å². The van der Waals surface area contributed by atoms with E-state index in [4.69, 9.17) is 0 Å². The van der Waals surface area contributed by atoms with Crippen LogP contribution < -0.4 is 17.0 Å². The smallest absolute Gasteiger partial charge is 0.178 e. The maximum atomic E-state index is 2.38. The van der Waals surface area contributed by atoms with Gasteiger partial charge in [-0.1, -0.05) is 90.0 Å². The van der Waals surface area contributed by atoms with Crippen LogP contribution in [0.2, 0.25) is 0 Å². The average molecular weight is 354 g/mol. The first kappa shape index (κ1) is 23.4. The molecule has 0 saturated heterocycles. The van der Waals surface area contributed by atoms with Crippen LogP contribution >= 0.6 is 0 Å². The maximum Gasteiger partial charge on any atom is 0.178 e. The van der Waals surface area contributed by atoms with E-state index in [1.54, 1.807) is 0 Å². The van der Waals surface area contributed by atoms with E-state index in [9.17, 15) is 0 Å². The fourth-order valence-electron chi connectivity index (χ4n) is 3.29. The van der Waals surface area contributed by atoms with Gasteiger partial charge in [-0.3, -0.25) is 0 Å². The summed E-state index contributed by atoms with van der Waals surface area (Å²) in [5.74, 6) is 0. The van der Waals surface area contributed by atoms with Gasteiger partial charge >= 0.3 is 0 Å². The van der Waals surface area contributed by atoms with Gasteiger partial charge in [-0.25, -0.2) is 4.57 Å². The summed E-state index contributed by atoms with van der Waals surface area (Å²) in [5.41, 5.74) is 1.38. The molecule has 140 valence electrons. The van der Waals surface area contributed by atoms with E-state index in [0.717, 1.165) is 0 Å². The zero-order valence-electron chi connectivity index (χ0n) is 16.2. The SMILES string of the molecule is CCCCCCCCCCCCCCCC[n+]1ccccc1C.[Cl-]. The predicted octanol–water partition coefficient (Wildman–Crippen LogP) is 3.77. The lowest BCUT2D eigenvalue weighted by molar-refractivity contribution is -0.703. The van der Waals surface area contributed by atoms with Gasteiger partial charge in [-0.15, -0.1) is 0 Å². The highest BCUT2D eigenvalue weighted by molar-refractivity contribution is 4.93. The van der Waals surface area contributed by atoms with E-state index in [2.05, 4.69) is 42.8 Å². The minimum Gasteiger partial charge on any atom is -1.00 e. The third kappa shape index (κ3) is 12.8. The maximum absolute atomic E-state index is 2.38. The Hall–Kier alpha value is -0.560. The van der Waals surface area contributed by atoms with E-state index >= 15 is 0 Å². The van der Waals surface area contributed by atoms with Crippen molar-refractivity contribution in [3.63, 3.8) is 0 Å². The van der Waals surface area contributed by atoms with Crippen molar-refractivity contribution >= 4 is 0 Å². The zero-order chi connectivity index (χ0) is 16.6. The summed E-state index contributed by atoms with van der Waals surface area (Å²) in [7, 11) is 0. The average Bonchev–Trinajstić information content (AvgIpc) is 2.57. The molecule has 1 aromatic heterocycles. The van der Waals surface area contributed by atoms with Crippen LogP contribution in [0.15, 0.2) is 24.4 Å². The van der Waals surface area contributed by atoms with Gasteiger partial charge in [-0.05, 0) is 6.42 Å². The van der Waals surface area contributed by atoms with Crippen molar-refractivity contribution in [2.45, 2.75) is 110 Å². The van der Waals surface area contributed by atoms with Crippen LogP contribution in [0.5, 0.6) is 0 Å². The lowest BCUT2D eigenvalue weighted by atomic mass is 10.0. The summed E-state index contributed by atoms with van der Waals surface area (Å²) in [5, 5.41) is 0. The Bertz CT molecular complexity index is 378. The summed E-state index contributed by atoms with van der Waals surface area (Å²) in [6.07, 6.45) is 22.3. The van der Waals surface area contributed by atoms with Crippen LogP contribution in [0.1, 0.15) is 103 Å². The Kier molecular flexibility index (Phi) is 16.9. The number of aryl methyl sites for hydroxylation is 2. The molecule has 1 heterocycles. The molecule has 0 N–H and O–H groups in total. The van der Waals surface area contributed by atoms with Crippen molar-refractivity contribution in [1.29, 1.82) is 0 Å². The van der Waals surface area contributed by atoms with Crippen LogP contribution in [0.25, 0.3) is 0 Å². The summed E-state index contributed by atoms with van der Waals surface area (Å²) < 4.78 is 2.38. The number of hydrogen-bond acceptors (Lipinski definition) is 0. The number of nitrogens with zero attached hydrogens (tertiary/aromatic N) is 1. The predicted molar refractivity (Wildman–Crippen MR) is 102 cm³/mol. The van der Waals surface area contributed by atoms with Crippen molar-refractivity contribution in [3.8, 4) is 0 Å². The number of hydrogen-bond donors (Lipinski definition) is 0. The molecule has 0 aliphatic carbocycles. The minimum atomic E-state index is 0. The molecular formula is C22H40ClN. The third-order valence-electron chi connectivity index (χ3n) is 4.92. The second-order valence-electron chi connectivity index (χ2n) is 7.13. The largest absolute Gasteiger partial charge is 1.00 e. The van der Waals surface area contributed by atoms with Gasteiger partial charge in [-0.2, -0.15) is 0 Å². The number of unbranched alkanes of at least 4 members (excludes halogenated alkanes) is 13. The van der Waals surface area contributed by atoms with Crippen molar-refractivity contribution < 1.29 is 17.0 Å². The molecular weight excluding hydrogens is 314 g/mol. The number of rotatable bonds is 15. The Labute approximate surface area is 157 Å². The molecule has 0 fully saturated rings. The highest BCUT2D eigenvalue weighted by atomic mass is 35.5. The standard InChI is InChI=1S/C22H40N.ClH/c1-3-4-5-6-7-8-9-10-11-12-13-14-15-17-20-23-21-18-16-19-22(23)2;/h16,18-19,21H,3-15,17,20H2,1-2H3;1H/q+1;/p-1. The molecule has 1 aromatic rings. The normalized spacial score (nSPS) is 10.6. The first-order valence-electron chi connectivity index (χ1n) is 10.3. The molecule has 2 heteroatoms. The van der Waals surface area contributed by atoms with E-state index in [0.29, 0.717) is 0 Å². The van der Waals surface area contributed by atoms with Gasteiger partial charge in [0.2, 0.25) is 0 Å². The van der Waals surface area contributed by atoms with E-state index in [1.807, 2.05) is 0 Å². The molecule has 0 saturated carbocycles. The van der Waals surface area contributed by atoms with Crippen molar-refractivity contribution in [1.82, 2.24) is 0 Å². The molecule has 24 heavy (non-hydrogen) atoms. The minimum absolute atomic E-state index is 0. The lowest BCUT2D eigenvalue weighted by Gasteiger charge is -2.03. The summed E-state index contributed by atoms with van der Waals surface area (Å²) in [6.45, 7) is 5.68. The molecule has 0 radical (unpaired) electrons. The summed E-state index contributed by atoms with van der Waals surface area (Å²) in [6, 6.07) is 6.46. The second kappa shape index (κ2) is 17.3. The van der Waals surface area contributed by atoms with Gasteiger partial charge < -0.3 is 12.4 Å². The van der Waals surface area contributed by atoms with Gasteiger partial charge in [0, 0.05) is 25.5 Å². The van der Waals surface area contributed by atoms with Crippen LogP contribution in [-0.4, -0.2) is 0 Å². The molecule has 1 rings (SSSR count). The van der Waals surface area contributed by atoms with Crippen molar-refractivity contribution in [3.05, 3.63) is 30.1 Å². The number of pyridine rings is 1. The fourth-order valence-corrected chi connectivity index (χ4v) is 3.29.